The van der Waals surface area contributed by atoms with Gasteiger partial charge < -0.3 is 10.1 Å². The van der Waals surface area contributed by atoms with Crippen LogP contribution in [-0.4, -0.2) is 28.7 Å². The molecule has 0 aliphatic heterocycles. The highest BCUT2D eigenvalue weighted by atomic mass is 16.5. The zero-order chi connectivity index (χ0) is 10.1. The van der Waals surface area contributed by atoms with Crippen molar-refractivity contribution in [3.05, 3.63) is 11.9 Å². The number of imidazole rings is 1. The van der Waals surface area contributed by atoms with Gasteiger partial charge in [-0.15, -0.1) is 0 Å². The van der Waals surface area contributed by atoms with Crippen LogP contribution in [0, 0.1) is 6.92 Å². The molecule has 5 nitrogen and oxygen atoms in total. The predicted molar refractivity (Wildman–Crippen MR) is 50.5 cm³/mol. The summed E-state index contributed by atoms with van der Waals surface area (Å²) in [6.45, 7) is 1.82. The Balaban J connectivity index is 2.15. The predicted octanol–water partition coefficient (Wildman–Crippen LogP) is 0.920. The van der Waals surface area contributed by atoms with Crippen molar-refractivity contribution in [3.63, 3.8) is 0 Å². The first-order valence-electron chi connectivity index (χ1n) is 4.61. The maximum absolute atomic E-state index is 11.6. The normalized spacial score (nSPS) is 15.3. The number of hydrogen-bond donors (Lipinski definition) is 1. The van der Waals surface area contributed by atoms with Crippen molar-refractivity contribution in [2.24, 2.45) is 0 Å². The van der Waals surface area contributed by atoms with Gasteiger partial charge in [-0.05, 0) is 19.8 Å². The fourth-order valence-electron chi connectivity index (χ4n) is 1.24. The van der Waals surface area contributed by atoms with Gasteiger partial charge in [-0.25, -0.2) is 14.3 Å². The number of amides is 1. The second kappa shape index (κ2) is 3.32. The van der Waals surface area contributed by atoms with E-state index >= 15 is 0 Å². The zero-order valence-corrected chi connectivity index (χ0v) is 8.28. The number of carbonyl (C=O) groups excluding carboxylic acids is 1. The minimum Gasteiger partial charge on any atom is -0.468 e. The summed E-state index contributed by atoms with van der Waals surface area (Å²) in [7, 11) is 1.50. The Hall–Kier alpha value is -1.52. The van der Waals surface area contributed by atoms with Crippen LogP contribution in [0.2, 0.25) is 0 Å². The molecule has 14 heavy (non-hydrogen) atoms. The van der Waals surface area contributed by atoms with Gasteiger partial charge >= 0.3 is 12.0 Å². The van der Waals surface area contributed by atoms with Crippen molar-refractivity contribution in [2.45, 2.75) is 25.8 Å². The van der Waals surface area contributed by atoms with E-state index in [2.05, 4.69) is 10.3 Å². The summed E-state index contributed by atoms with van der Waals surface area (Å²) in [6, 6.07) is 0.514. The molecule has 1 fully saturated rings. The fraction of sp³-hybridized carbons (Fsp3) is 0.556. The van der Waals surface area contributed by atoms with Crippen molar-refractivity contribution in [1.29, 1.82) is 0 Å². The molecule has 1 heterocycles. The first-order chi connectivity index (χ1) is 6.70. The molecule has 1 N–H and O–H groups in total. The number of ether oxygens (including phenoxy) is 1. The Morgan fingerprint density at radius 3 is 3.00 bits per heavy atom. The number of methoxy groups -OCH3 is 1. The number of aryl methyl sites for hydroxylation is 1. The van der Waals surface area contributed by atoms with Crippen molar-refractivity contribution in [3.8, 4) is 6.01 Å². The molecule has 0 spiro atoms. The van der Waals surface area contributed by atoms with E-state index in [1.807, 2.05) is 6.92 Å². The van der Waals surface area contributed by atoms with Crippen LogP contribution < -0.4 is 10.1 Å². The van der Waals surface area contributed by atoms with E-state index in [0.29, 0.717) is 12.1 Å². The van der Waals surface area contributed by atoms with Crippen LogP contribution in [-0.2, 0) is 0 Å². The molecule has 0 unspecified atom stereocenters. The van der Waals surface area contributed by atoms with E-state index in [1.54, 1.807) is 6.20 Å². The van der Waals surface area contributed by atoms with Gasteiger partial charge in [0.2, 0.25) is 0 Å². The topological polar surface area (TPSA) is 56.2 Å². The van der Waals surface area contributed by atoms with Gasteiger partial charge in [-0.3, -0.25) is 0 Å². The van der Waals surface area contributed by atoms with Gasteiger partial charge in [0, 0.05) is 12.2 Å². The third-order valence-corrected chi connectivity index (χ3v) is 2.10. The molecule has 1 aromatic heterocycles. The van der Waals surface area contributed by atoms with Crippen LogP contribution in [0.4, 0.5) is 4.79 Å². The molecule has 0 bridgehead atoms. The monoisotopic (exact) mass is 195 g/mol. The Kier molecular flexibility index (Phi) is 2.15. The van der Waals surface area contributed by atoms with E-state index in [4.69, 9.17) is 4.74 Å². The lowest BCUT2D eigenvalue weighted by atomic mass is 10.6. The fourth-order valence-corrected chi connectivity index (χ4v) is 1.24. The second-order valence-corrected chi connectivity index (χ2v) is 3.46. The first kappa shape index (κ1) is 9.05. The SMILES string of the molecule is COc1nc(C)cn1C(=O)NC1CC1. The Bertz CT molecular complexity index is 355. The van der Waals surface area contributed by atoms with E-state index in [-0.39, 0.29) is 6.03 Å². The van der Waals surface area contributed by atoms with Gasteiger partial charge in [-0.2, -0.15) is 0 Å². The molecule has 76 valence electrons. The lowest BCUT2D eigenvalue weighted by Crippen LogP contribution is -2.30. The van der Waals surface area contributed by atoms with Crippen LogP contribution in [0.3, 0.4) is 0 Å². The van der Waals surface area contributed by atoms with Crippen molar-refractivity contribution in [2.75, 3.05) is 7.11 Å². The molecule has 1 amide bonds. The van der Waals surface area contributed by atoms with Crippen LogP contribution in [0.25, 0.3) is 0 Å². The van der Waals surface area contributed by atoms with Crippen molar-refractivity contribution >= 4 is 6.03 Å². The molecule has 0 radical (unpaired) electrons. The highest BCUT2D eigenvalue weighted by Crippen LogP contribution is 2.19. The Labute approximate surface area is 82.1 Å². The number of nitrogens with one attached hydrogen (secondary N) is 1. The average Bonchev–Trinajstić information content (AvgIpc) is 2.87. The summed E-state index contributed by atoms with van der Waals surface area (Å²) in [6.07, 6.45) is 3.81. The van der Waals surface area contributed by atoms with E-state index in [0.717, 1.165) is 18.5 Å². The minimum absolute atomic E-state index is 0.162. The summed E-state index contributed by atoms with van der Waals surface area (Å²) >= 11 is 0. The zero-order valence-electron chi connectivity index (χ0n) is 8.28. The smallest absolute Gasteiger partial charge is 0.329 e. The summed E-state index contributed by atoms with van der Waals surface area (Å²) in [4.78, 5) is 15.7. The van der Waals surface area contributed by atoms with Gasteiger partial charge in [0.05, 0.1) is 12.8 Å². The third kappa shape index (κ3) is 1.71. The number of carbonyl (C=O) groups is 1. The molecule has 0 atom stereocenters. The Morgan fingerprint density at radius 1 is 1.71 bits per heavy atom. The molecular formula is C9H13N3O2. The summed E-state index contributed by atoms with van der Waals surface area (Å²) in [5.41, 5.74) is 0.771. The highest BCUT2D eigenvalue weighted by Gasteiger charge is 2.25. The van der Waals surface area contributed by atoms with Gasteiger partial charge in [0.15, 0.2) is 0 Å². The molecule has 2 rings (SSSR count). The lowest BCUT2D eigenvalue weighted by Gasteiger charge is -2.05. The summed E-state index contributed by atoms with van der Waals surface area (Å²) in [5.74, 6) is 0. The first-order valence-corrected chi connectivity index (χ1v) is 4.61. The largest absolute Gasteiger partial charge is 0.468 e. The lowest BCUT2D eigenvalue weighted by molar-refractivity contribution is 0.237. The maximum Gasteiger partial charge on any atom is 0.329 e. The Morgan fingerprint density at radius 2 is 2.43 bits per heavy atom. The minimum atomic E-state index is -0.162. The summed E-state index contributed by atoms with van der Waals surface area (Å²) in [5, 5.41) is 2.86. The number of hydrogen-bond acceptors (Lipinski definition) is 3. The van der Waals surface area contributed by atoms with Gasteiger partial charge in [0.25, 0.3) is 0 Å². The molecular weight excluding hydrogens is 182 g/mol. The van der Waals surface area contributed by atoms with Crippen LogP contribution in [0.5, 0.6) is 6.01 Å². The quantitative estimate of drug-likeness (QED) is 0.763. The number of nitrogens with zero attached hydrogens (tertiary/aromatic N) is 2. The van der Waals surface area contributed by atoms with Crippen molar-refractivity contribution in [1.82, 2.24) is 14.9 Å². The van der Waals surface area contributed by atoms with E-state index in [9.17, 15) is 4.79 Å². The molecule has 0 aromatic carbocycles. The van der Waals surface area contributed by atoms with E-state index < -0.39 is 0 Å². The van der Waals surface area contributed by atoms with Gasteiger partial charge in [-0.1, -0.05) is 0 Å². The molecule has 0 saturated heterocycles. The maximum atomic E-state index is 11.6. The summed E-state index contributed by atoms with van der Waals surface area (Å²) < 4.78 is 6.38. The van der Waals surface area contributed by atoms with Crippen LogP contribution >= 0.6 is 0 Å². The molecule has 5 heteroatoms. The third-order valence-electron chi connectivity index (χ3n) is 2.10. The van der Waals surface area contributed by atoms with Crippen molar-refractivity contribution < 1.29 is 9.53 Å². The van der Waals surface area contributed by atoms with Gasteiger partial charge in [0.1, 0.15) is 0 Å². The highest BCUT2D eigenvalue weighted by molar-refractivity contribution is 5.78. The number of rotatable bonds is 2. The molecule has 1 aliphatic carbocycles. The average molecular weight is 195 g/mol. The molecule has 1 saturated carbocycles. The number of aromatic nitrogens is 2. The second-order valence-electron chi connectivity index (χ2n) is 3.46. The van der Waals surface area contributed by atoms with Crippen LogP contribution in [0.15, 0.2) is 6.20 Å². The molecule has 1 aromatic rings. The standard InChI is InChI=1S/C9H13N3O2/c1-6-5-12(9(10-6)14-2)8(13)11-7-3-4-7/h5,7H,3-4H2,1-2H3,(H,11,13). The molecule has 1 aliphatic rings. The van der Waals surface area contributed by atoms with Crippen LogP contribution in [0.1, 0.15) is 18.5 Å². The van der Waals surface area contributed by atoms with E-state index in [1.165, 1.54) is 11.7 Å².